The van der Waals surface area contributed by atoms with E-state index in [1.165, 1.54) is 0 Å². The van der Waals surface area contributed by atoms with Crippen molar-refractivity contribution in [3.63, 3.8) is 0 Å². The van der Waals surface area contributed by atoms with Crippen molar-refractivity contribution in [3.8, 4) is 0 Å². The first kappa shape index (κ1) is 12.1. The molecule has 0 spiro atoms. The first-order chi connectivity index (χ1) is 8.12. The maximum Gasteiger partial charge on any atom is 0.340 e. The smallest absolute Gasteiger partial charge is 0.340 e. The molecule has 1 aliphatic carbocycles. The normalized spacial score (nSPS) is 23.2. The van der Waals surface area contributed by atoms with Crippen LogP contribution in [0.5, 0.6) is 0 Å². The average Bonchev–Trinajstić information content (AvgIpc) is 2.30. The van der Waals surface area contributed by atoms with Crippen molar-refractivity contribution in [3.05, 3.63) is 34.9 Å². The Kier molecular flexibility index (Phi) is 3.20. The number of fused-ring (bicyclic) bond motifs is 1. The van der Waals surface area contributed by atoms with Gasteiger partial charge in [0.25, 0.3) is 0 Å². The van der Waals surface area contributed by atoms with Gasteiger partial charge >= 0.3 is 5.97 Å². The Bertz CT molecular complexity index is 439. The molecule has 3 heteroatoms. The van der Waals surface area contributed by atoms with Gasteiger partial charge in [0, 0.05) is 6.61 Å². The van der Waals surface area contributed by atoms with Crippen molar-refractivity contribution in [2.24, 2.45) is 0 Å². The summed E-state index contributed by atoms with van der Waals surface area (Å²) in [4.78, 5) is 11.6. The second-order valence-corrected chi connectivity index (χ2v) is 4.52. The summed E-state index contributed by atoms with van der Waals surface area (Å²) in [6, 6.07) is 5.84. The van der Waals surface area contributed by atoms with Crippen LogP contribution in [-0.2, 0) is 21.6 Å². The number of benzene rings is 1. The lowest BCUT2D eigenvalue weighted by atomic mass is 9.77. The van der Waals surface area contributed by atoms with E-state index in [4.69, 9.17) is 4.74 Å². The van der Waals surface area contributed by atoms with E-state index < -0.39 is 11.6 Å². The lowest BCUT2D eigenvalue weighted by molar-refractivity contribution is -0.169. The third-order valence-corrected chi connectivity index (χ3v) is 3.54. The number of hydrogen-bond donors (Lipinski definition) is 1. The third kappa shape index (κ3) is 1.84. The molecule has 17 heavy (non-hydrogen) atoms. The molecule has 2 rings (SSSR count). The van der Waals surface area contributed by atoms with Crippen LogP contribution in [0.4, 0.5) is 0 Å². The molecule has 0 aromatic heterocycles. The monoisotopic (exact) mass is 234 g/mol. The predicted molar refractivity (Wildman–Crippen MR) is 65.1 cm³/mol. The van der Waals surface area contributed by atoms with Crippen LogP contribution in [-0.4, -0.2) is 17.7 Å². The molecule has 1 atom stereocenters. The van der Waals surface area contributed by atoms with Crippen LogP contribution in [0.2, 0.25) is 0 Å². The second-order valence-electron chi connectivity index (χ2n) is 4.52. The SMILES string of the molecule is CCOC1(C(=O)O)CCCc2c(C)cccc21. The number of carboxylic acid groups (broad SMARTS) is 1. The van der Waals surface area contributed by atoms with E-state index in [0.29, 0.717) is 13.0 Å². The molecular weight excluding hydrogens is 216 g/mol. The van der Waals surface area contributed by atoms with Crippen molar-refractivity contribution < 1.29 is 14.6 Å². The van der Waals surface area contributed by atoms with Gasteiger partial charge in [-0.2, -0.15) is 0 Å². The topological polar surface area (TPSA) is 46.5 Å². The van der Waals surface area contributed by atoms with Crippen molar-refractivity contribution in [2.45, 2.75) is 38.7 Å². The predicted octanol–water partition coefficient (Wildman–Crippen LogP) is 2.65. The molecule has 1 aromatic carbocycles. The van der Waals surface area contributed by atoms with Crippen LogP contribution in [0.25, 0.3) is 0 Å². The summed E-state index contributed by atoms with van der Waals surface area (Å²) >= 11 is 0. The Morgan fingerprint density at radius 3 is 2.94 bits per heavy atom. The van der Waals surface area contributed by atoms with Crippen LogP contribution >= 0.6 is 0 Å². The first-order valence-corrected chi connectivity index (χ1v) is 6.08. The molecule has 3 nitrogen and oxygen atoms in total. The number of rotatable bonds is 3. The highest BCUT2D eigenvalue weighted by atomic mass is 16.5. The van der Waals surface area contributed by atoms with Crippen molar-refractivity contribution in [2.75, 3.05) is 6.61 Å². The van der Waals surface area contributed by atoms with E-state index >= 15 is 0 Å². The van der Waals surface area contributed by atoms with Gasteiger partial charge in [-0.05, 0) is 49.8 Å². The molecule has 0 saturated carbocycles. The Morgan fingerprint density at radius 2 is 2.29 bits per heavy atom. The zero-order valence-electron chi connectivity index (χ0n) is 10.3. The van der Waals surface area contributed by atoms with Crippen LogP contribution in [0.3, 0.4) is 0 Å². The minimum atomic E-state index is -1.13. The quantitative estimate of drug-likeness (QED) is 0.874. The summed E-state index contributed by atoms with van der Waals surface area (Å²) in [6.45, 7) is 4.29. The summed E-state index contributed by atoms with van der Waals surface area (Å²) in [5.74, 6) is -0.870. The van der Waals surface area contributed by atoms with Gasteiger partial charge in [-0.1, -0.05) is 18.2 Å². The average molecular weight is 234 g/mol. The molecule has 0 fully saturated rings. The molecule has 0 heterocycles. The van der Waals surface area contributed by atoms with E-state index in [1.54, 1.807) is 0 Å². The minimum absolute atomic E-state index is 0.416. The molecular formula is C14H18O3. The maximum absolute atomic E-state index is 11.6. The molecule has 1 N–H and O–H groups in total. The lowest BCUT2D eigenvalue weighted by Gasteiger charge is -2.35. The summed E-state index contributed by atoms with van der Waals surface area (Å²) < 4.78 is 5.61. The lowest BCUT2D eigenvalue weighted by Crippen LogP contribution is -2.42. The number of aliphatic carboxylic acids is 1. The Morgan fingerprint density at radius 1 is 1.53 bits per heavy atom. The van der Waals surface area contributed by atoms with Gasteiger partial charge in [0.1, 0.15) is 0 Å². The Labute approximate surface area is 101 Å². The van der Waals surface area contributed by atoms with Gasteiger partial charge in [0.15, 0.2) is 5.60 Å². The highest BCUT2D eigenvalue weighted by Crippen LogP contribution is 2.39. The molecule has 0 radical (unpaired) electrons. The van der Waals surface area contributed by atoms with E-state index in [2.05, 4.69) is 0 Å². The minimum Gasteiger partial charge on any atom is -0.479 e. The standard InChI is InChI=1S/C14H18O3/c1-3-17-14(13(15)16)9-5-7-11-10(2)6-4-8-12(11)14/h4,6,8H,3,5,7,9H2,1-2H3,(H,15,16). The van der Waals surface area contributed by atoms with Gasteiger partial charge in [-0.3, -0.25) is 0 Å². The van der Waals surface area contributed by atoms with Crippen molar-refractivity contribution in [1.82, 2.24) is 0 Å². The van der Waals surface area contributed by atoms with Gasteiger partial charge in [-0.25, -0.2) is 4.79 Å². The maximum atomic E-state index is 11.6. The van der Waals surface area contributed by atoms with Crippen LogP contribution in [0, 0.1) is 6.92 Å². The zero-order chi connectivity index (χ0) is 12.5. The molecule has 1 aromatic rings. The summed E-state index contributed by atoms with van der Waals surface area (Å²) in [6.07, 6.45) is 2.38. The van der Waals surface area contributed by atoms with Crippen molar-refractivity contribution >= 4 is 5.97 Å². The van der Waals surface area contributed by atoms with Gasteiger partial charge in [-0.15, -0.1) is 0 Å². The zero-order valence-corrected chi connectivity index (χ0v) is 10.3. The van der Waals surface area contributed by atoms with Gasteiger partial charge < -0.3 is 9.84 Å². The summed E-state index contributed by atoms with van der Waals surface area (Å²) in [5.41, 5.74) is 2.02. The molecule has 0 saturated heterocycles. The third-order valence-electron chi connectivity index (χ3n) is 3.54. The van der Waals surface area contributed by atoms with Gasteiger partial charge in [0.2, 0.25) is 0 Å². The fraction of sp³-hybridized carbons (Fsp3) is 0.500. The van der Waals surface area contributed by atoms with E-state index in [1.807, 2.05) is 32.0 Å². The largest absolute Gasteiger partial charge is 0.479 e. The Hall–Kier alpha value is -1.35. The van der Waals surface area contributed by atoms with E-state index in [9.17, 15) is 9.90 Å². The highest BCUT2D eigenvalue weighted by molar-refractivity contribution is 5.80. The number of hydrogen-bond acceptors (Lipinski definition) is 2. The number of carboxylic acids is 1. The number of aryl methyl sites for hydroxylation is 1. The van der Waals surface area contributed by atoms with Crippen LogP contribution in [0.1, 0.15) is 36.5 Å². The molecule has 92 valence electrons. The molecule has 1 aliphatic rings. The molecule has 0 aliphatic heterocycles. The van der Waals surface area contributed by atoms with Gasteiger partial charge in [0.05, 0.1) is 0 Å². The summed E-state index contributed by atoms with van der Waals surface area (Å²) in [5, 5.41) is 9.53. The van der Waals surface area contributed by atoms with Crippen LogP contribution in [0.15, 0.2) is 18.2 Å². The van der Waals surface area contributed by atoms with E-state index in [0.717, 1.165) is 29.5 Å². The first-order valence-electron chi connectivity index (χ1n) is 6.08. The fourth-order valence-corrected chi connectivity index (χ4v) is 2.74. The number of carbonyl (C=O) groups is 1. The molecule has 1 unspecified atom stereocenters. The summed E-state index contributed by atoms with van der Waals surface area (Å²) in [7, 11) is 0. The van der Waals surface area contributed by atoms with E-state index in [-0.39, 0.29) is 0 Å². The van der Waals surface area contributed by atoms with Crippen molar-refractivity contribution in [1.29, 1.82) is 0 Å². The molecule has 0 bridgehead atoms. The Balaban J connectivity index is 2.58. The number of ether oxygens (including phenoxy) is 1. The van der Waals surface area contributed by atoms with Crippen LogP contribution < -0.4 is 0 Å². The fourth-order valence-electron chi connectivity index (χ4n) is 2.74. The molecule has 0 amide bonds. The second kappa shape index (κ2) is 4.49. The highest BCUT2D eigenvalue weighted by Gasteiger charge is 2.44.